The Morgan fingerprint density at radius 3 is 2.61 bits per heavy atom. The Labute approximate surface area is 142 Å². The van der Waals surface area contributed by atoms with Gasteiger partial charge in [-0.2, -0.15) is 0 Å². The SMILES string of the molecule is CC(C)OC1=NC2=C(CC1)CCN(CCC1CCCCC1)CC2. The Kier molecular flexibility index (Phi) is 6.15. The number of ether oxygens (including phenoxy) is 1. The second-order valence-electron chi connectivity index (χ2n) is 7.86. The summed E-state index contributed by atoms with van der Waals surface area (Å²) < 4.78 is 5.84. The van der Waals surface area contributed by atoms with Gasteiger partial charge in [-0.05, 0) is 51.1 Å². The lowest BCUT2D eigenvalue weighted by molar-refractivity contribution is 0.220. The van der Waals surface area contributed by atoms with Gasteiger partial charge in [-0.15, -0.1) is 0 Å². The van der Waals surface area contributed by atoms with Gasteiger partial charge < -0.3 is 9.64 Å². The lowest BCUT2D eigenvalue weighted by atomic mass is 9.87. The predicted molar refractivity (Wildman–Crippen MR) is 96.8 cm³/mol. The molecule has 0 amide bonds. The van der Waals surface area contributed by atoms with Gasteiger partial charge in [0.05, 0.1) is 6.10 Å². The third kappa shape index (κ3) is 5.07. The highest BCUT2D eigenvalue weighted by Crippen LogP contribution is 2.30. The van der Waals surface area contributed by atoms with E-state index in [0.717, 1.165) is 31.1 Å². The molecule has 0 aromatic heterocycles. The highest BCUT2D eigenvalue weighted by Gasteiger charge is 2.22. The number of aliphatic imine (C=N–C) groups is 1. The highest BCUT2D eigenvalue weighted by molar-refractivity contribution is 5.79. The molecule has 0 bridgehead atoms. The van der Waals surface area contributed by atoms with E-state index in [0.29, 0.717) is 0 Å². The molecule has 3 aliphatic rings. The summed E-state index contributed by atoms with van der Waals surface area (Å²) in [5, 5.41) is 0. The van der Waals surface area contributed by atoms with Crippen LogP contribution in [0.5, 0.6) is 0 Å². The predicted octanol–water partition coefficient (Wildman–Crippen LogP) is 4.92. The van der Waals surface area contributed by atoms with Gasteiger partial charge in [0.2, 0.25) is 0 Å². The Morgan fingerprint density at radius 1 is 1.04 bits per heavy atom. The zero-order chi connectivity index (χ0) is 16.1. The zero-order valence-corrected chi connectivity index (χ0v) is 15.1. The van der Waals surface area contributed by atoms with E-state index in [-0.39, 0.29) is 6.10 Å². The van der Waals surface area contributed by atoms with Crippen molar-refractivity contribution in [3.8, 4) is 0 Å². The van der Waals surface area contributed by atoms with Crippen molar-refractivity contribution in [2.75, 3.05) is 19.6 Å². The maximum Gasteiger partial charge on any atom is 0.188 e. The molecule has 0 aromatic rings. The minimum atomic E-state index is 0.244. The number of hydrogen-bond acceptors (Lipinski definition) is 3. The summed E-state index contributed by atoms with van der Waals surface area (Å²) in [5.74, 6) is 1.97. The highest BCUT2D eigenvalue weighted by atomic mass is 16.5. The van der Waals surface area contributed by atoms with Gasteiger partial charge in [-0.1, -0.05) is 32.1 Å². The van der Waals surface area contributed by atoms with Crippen molar-refractivity contribution >= 4 is 5.90 Å². The molecule has 1 saturated carbocycles. The van der Waals surface area contributed by atoms with Gasteiger partial charge in [0.15, 0.2) is 5.90 Å². The van der Waals surface area contributed by atoms with Crippen LogP contribution < -0.4 is 0 Å². The fraction of sp³-hybridized carbons (Fsp3) is 0.850. The van der Waals surface area contributed by atoms with Crippen molar-refractivity contribution in [3.05, 3.63) is 11.3 Å². The average molecular weight is 319 g/mol. The van der Waals surface area contributed by atoms with Gasteiger partial charge >= 0.3 is 0 Å². The summed E-state index contributed by atoms with van der Waals surface area (Å²) in [7, 11) is 0. The van der Waals surface area contributed by atoms with Gasteiger partial charge in [0.25, 0.3) is 0 Å². The Hall–Kier alpha value is -0.830. The first-order chi connectivity index (χ1) is 11.2. The molecule has 0 aromatic carbocycles. The maximum absolute atomic E-state index is 5.84. The number of rotatable bonds is 4. The quantitative estimate of drug-likeness (QED) is 0.734. The average Bonchev–Trinajstić information content (AvgIpc) is 2.75. The van der Waals surface area contributed by atoms with Crippen molar-refractivity contribution in [1.82, 2.24) is 4.90 Å². The molecule has 1 fully saturated rings. The van der Waals surface area contributed by atoms with Crippen LogP contribution in [0.4, 0.5) is 0 Å². The van der Waals surface area contributed by atoms with Crippen LogP contribution in [0.2, 0.25) is 0 Å². The molecule has 0 N–H and O–H groups in total. The number of nitrogens with zero attached hydrogens (tertiary/aromatic N) is 2. The van der Waals surface area contributed by atoms with E-state index in [9.17, 15) is 0 Å². The van der Waals surface area contributed by atoms with Gasteiger partial charge in [-0.3, -0.25) is 0 Å². The van der Waals surface area contributed by atoms with E-state index >= 15 is 0 Å². The summed E-state index contributed by atoms with van der Waals surface area (Å²) in [6.45, 7) is 7.90. The van der Waals surface area contributed by atoms with Crippen molar-refractivity contribution < 1.29 is 4.74 Å². The molecular formula is C20H34N2O. The lowest BCUT2D eigenvalue weighted by Crippen LogP contribution is -2.28. The van der Waals surface area contributed by atoms with E-state index in [1.54, 1.807) is 5.57 Å². The summed E-state index contributed by atoms with van der Waals surface area (Å²) in [6, 6.07) is 0. The van der Waals surface area contributed by atoms with Crippen LogP contribution in [-0.2, 0) is 4.74 Å². The van der Waals surface area contributed by atoms with E-state index in [2.05, 4.69) is 18.7 Å². The largest absolute Gasteiger partial charge is 0.478 e. The van der Waals surface area contributed by atoms with Crippen LogP contribution >= 0.6 is 0 Å². The maximum atomic E-state index is 5.84. The molecule has 2 heterocycles. The molecule has 1 aliphatic carbocycles. The van der Waals surface area contributed by atoms with Crippen LogP contribution in [-0.4, -0.2) is 36.5 Å². The van der Waals surface area contributed by atoms with Crippen LogP contribution in [0.1, 0.15) is 78.1 Å². The first-order valence-electron chi connectivity index (χ1n) is 9.88. The molecule has 130 valence electrons. The smallest absolute Gasteiger partial charge is 0.188 e. The van der Waals surface area contributed by atoms with E-state index in [1.165, 1.54) is 70.3 Å². The summed E-state index contributed by atoms with van der Waals surface area (Å²) in [4.78, 5) is 7.52. The standard InChI is InChI=1S/C20H34N2O/c1-16(2)23-20-9-8-18-11-14-22(15-12-19(18)21-20)13-10-17-6-4-3-5-7-17/h16-17H,3-15H2,1-2H3. The Morgan fingerprint density at radius 2 is 1.83 bits per heavy atom. The third-order valence-electron chi connectivity index (χ3n) is 5.65. The van der Waals surface area contributed by atoms with Crippen LogP contribution in [0.15, 0.2) is 16.3 Å². The minimum absolute atomic E-state index is 0.244. The van der Waals surface area contributed by atoms with Crippen LogP contribution in [0, 0.1) is 5.92 Å². The van der Waals surface area contributed by atoms with Gasteiger partial charge in [-0.25, -0.2) is 4.99 Å². The molecule has 3 heteroatoms. The topological polar surface area (TPSA) is 24.8 Å². The van der Waals surface area contributed by atoms with Crippen LogP contribution in [0.25, 0.3) is 0 Å². The molecule has 3 rings (SSSR count). The van der Waals surface area contributed by atoms with Crippen molar-refractivity contribution in [2.24, 2.45) is 10.9 Å². The van der Waals surface area contributed by atoms with E-state index in [4.69, 9.17) is 9.73 Å². The molecule has 0 radical (unpaired) electrons. The first kappa shape index (κ1) is 17.0. The number of hydrogen-bond donors (Lipinski definition) is 0. The summed E-state index contributed by atoms with van der Waals surface area (Å²) >= 11 is 0. The first-order valence-corrected chi connectivity index (χ1v) is 9.88. The lowest BCUT2D eigenvalue weighted by Gasteiger charge is -2.26. The van der Waals surface area contributed by atoms with Crippen molar-refractivity contribution in [3.63, 3.8) is 0 Å². The second-order valence-corrected chi connectivity index (χ2v) is 7.86. The molecule has 2 aliphatic heterocycles. The van der Waals surface area contributed by atoms with Crippen LogP contribution in [0.3, 0.4) is 0 Å². The van der Waals surface area contributed by atoms with Crippen molar-refractivity contribution in [1.29, 1.82) is 0 Å². The summed E-state index contributed by atoms with van der Waals surface area (Å²) in [5.41, 5.74) is 2.94. The summed E-state index contributed by atoms with van der Waals surface area (Å²) in [6.07, 6.45) is 13.5. The fourth-order valence-corrected chi connectivity index (χ4v) is 4.28. The van der Waals surface area contributed by atoms with Gasteiger partial charge in [0, 0.05) is 31.6 Å². The molecule has 23 heavy (non-hydrogen) atoms. The van der Waals surface area contributed by atoms with Gasteiger partial charge in [0.1, 0.15) is 0 Å². The van der Waals surface area contributed by atoms with E-state index < -0.39 is 0 Å². The molecule has 0 spiro atoms. The normalized spacial score (nSPS) is 24.4. The third-order valence-corrected chi connectivity index (χ3v) is 5.65. The zero-order valence-electron chi connectivity index (χ0n) is 15.1. The monoisotopic (exact) mass is 318 g/mol. The molecule has 3 nitrogen and oxygen atoms in total. The molecule has 0 unspecified atom stereocenters. The Balaban J connectivity index is 1.48. The fourth-order valence-electron chi connectivity index (χ4n) is 4.28. The second kappa shape index (κ2) is 8.32. The Bertz CT molecular complexity index is 447. The molecule has 0 saturated heterocycles. The minimum Gasteiger partial charge on any atom is -0.478 e. The van der Waals surface area contributed by atoms with E-state index in [1.807, 2.05) is 0 Å². The molecular weight excluding hydrogens is 284 g/mol. The molecule has 0 atom stereocenters. The van der Waals surface area contributed by atoms with Crippen molar-refractivity contribution in [2.45, 2.75) is 84.2 Å².